The lowest BCUT2D eigenvalue weighted by Gasteiger charge is -2.48. The van der Waals surface area contributed by atoms with E-state index in [-0.39, 0.29) is 29.6 Å². The SMILES string of the molecule is CC(=O)N1CCC2(CC1)CC(N(C(=O)NC(C)C)C1CC1)CCO2. The van der Waals surface area contributed by atoms with Crippen molar-refractivity contribution in [2.24, 2.45) is 0 Å². The molecule has 0 bridgehead atoms. The van der Waals surface area contributed by atoms with Crippen LogP contribution in [0.25, 0.3) is 0 Å². The summed E-state index contributed by atoms with van der Waals surface area (Å²) in [6.07, 6.45) is 5.82. The Balaban J connectivity index is 1.66. The van der Waals surface area contributed by atoms with E-state index in [1.165, 1.54) is 0 Å². The molecule has 0 aromatic carbocycles. The maximum Gasteiger partial charge on any atom is 0.318 e. The average Bonchev–Trinajstić information content (AvgIpc) is 3.32. The third kappa shape index (κ3) is 3.85. The highest BCUT2D eigenvalue weighted by Crippen LogP contribution is 2.40. The molecule has 1 spiro atoms. The topological polar surface area (TPSA) is 61.9 Å². The van der Waals surface area contributed by atoms with Crippen LogP contribution in [0.1, 0.15) is 59.3 Å². The van der Waals surface area contributed by atoms with Crippen molar-refractivity contribution in [2.75, 3.05) is 19.7 Å². The van der Waals surface area contributed by atoms with Crippen molar-refractivity contribution in [1.29, 1.82) is 0 Å². The van der Waals surface area contributed by atoms with Crippen LogP contribution in [0, 0.1) is 0 Å². The zero-order valence-electron chi connectivity index (χ0n) is 15.2. The molecule has 1 aliphatic carbocycles. The molecule has 6 heteroatoms. The predicted molar refractivity (Wildman–Crippen MR) is 91.7 cm³/mol. The van der Waals surface area contributed by atoms with E-state index in [1.807, 2.05) is 18.7 Å². The Labute approximate surface area is 144 Å². The summed E-state index contributed by atoms with van der Waals surface area (Å²) >= 11 is 0. The number of carbonyl (C=O) groups is 2. The Hall–Kier alpha value is -1.30. The van der Waals surface area contributed by atoms with Crippen LogP contribution in [0.3, 0.4) is 0 Å². The minimum absolute atomic E-state index is 0.0794. The van der Waals surface area contributed by atoms with Crippen LogP contribution in [-0.2, 0) is 9.53 Å². The molecule has 3 aliphatic rings. The van der Waals surface area contributed by atoms with Gasteiger partial charge < -0.3 is 19.9 Å². The van der Waals surface area contributed by atoms with Gasteiger partial charge in [0.25, 0.3) is 0 Å². The number of amides is 3. The maximum atomic E-state index is 12.7. The normalized spacial score (nSPS) is 26.5. The lowest BCUT2D eigenvalue weighted by Crippen LogP contribution is -2.57. The Morgan fingerprint density at radius 1 is 1.17 bits per heavy atom. The summed E-state index contributed by atoms with van der Waals surface area (Å²) in [4.78, 5) is 28.2. The second-order valence-corrected chi connectivity index (χ2v) is 7.93. The molecule has 0 aromatic heterocycles. The minimum Gasteiger partial charge on any atom is -0.375 e. The number of hydrogen-bond acceptors (Lipinski definition) is 3. The van der Waals surface area contributed by atoms with Gasteiger partial charge in [-0.15, -0.1) is 0 Å². The highest BCUT2D eigenvalue weighted by Gasteiger charge is 2.46. The van der Waals surface area contributed by atoms with Crippen molar-refractivity contribution in [1.82, 2.24) is 15.1 Å². The summed E-state index contributed by atoms with van der Waals surface area (Å²) in [5, 5.41) is 3.07. The van der Waals surface area contributed by atoms with Gasteiger partial charge in [-0.25, -0.2) is 4.79 Å². The van der Waals surface area contributed by atoms with Crippen LogP contribution in [-0.4, -0.2) is 65.2 Å². The van der Waals surface area contributed by atoms with Crippen molar-refractivity contribution < 1.29 is 14.3 Å². The molecule has 0 radical (unpaired) electrons. The Bertz CT molecular complexity index is 482. The molecule has 136 valence electrons. The van der Waals surface area contributed by atoms with Crippen LogP contribution in [0.2, 0.25) is 0 Å². The zero-order valence-corrected chi connectivity index (χ0v) is 15.2. The lowest BCUT2D eigenvalue weighted by molar-refractivity contribution is -0.146. The molecule has 24 heavy (non-hydrogen) atoms. The van der Waals surface area contributed by atoms with Crippen LogP contribution in [0.4, 0.5) is 4.79 Å². The number of hydrogen-bond donors (Lipinski definition) is 1. The highest BCUT2D eigenvalue weighted by atomic mass is 16.5. The van der Waals surface area contributed by atoms with Gasteiger partial charge in [0.05, 0.1) is 5.60 Å². The molecule has 6 nitrogen and oxygen atoms in total. The summed E-state index contributed by atoms with van der Waals surface area (Å²) in [5.74, 6) is 0.146. The van der Waals surface area contributed by atoms with E-state index in [0.29, 0.717) is 12.6 Å². The van der Waals surface area contributed by atoms with Crippen LogP contribution in [0.5, 0.6) is 0 Å². The molecule has 2 saturated heterocycles. The van der Waals surface area contributed by atoms with Crippen LogP contribution >= 0.6 is 0 Å². The zero-order chi connectivity index (χ0) is 17.3. The fraction of sp³-hybridized carbons (Fsp3) is 0.889. The molecule has 2 heterocycles. The predicted octanol–water partition coefficient (Wildman–Crippen LogP) is 2.13. The van der Waals surface area contributed by atoms with Crippen LogP contribution < -0.4 is 5.32 Å². The van der Waals surface area contributed by atoms with E-state index in [0.717, 1.165) is 51.6 Å². The number of piperidine rings is 1. The monoisotopic (exact) mass is 337 g/mol. The van der Waals surface area contributed by atoms with Crippen molar-refractivity contribution in [3.63, 3.8) is 0 Å². The molecule has 3 amide bonds. The molecule has 3 fully saturated rings. The molecule has 0 aromatic rings. The van der Waals surface area contributed by atoms with E-state index < -0.39 is 0 Å². The van der Waals surface area contributed by atoms with E-state index in [4.69, 9.17) is 4.74 Å². The summed E-state index contributed by atoms with van der Waals surface area (Å²) in [7, 11) is 0. The van der Waals surface area contributed by atoms with Gasteiger partial charge in [-0.3, -0.25) is 4.79 Å². The van der Waals surface area contributed by atoms with Gasteiger partial charge in [0.2, 0.25) is 5.91 Å². The average molecular weight is 337 g/mol. The third-order valence-electron chi connectivity index (χ3n) is 5.57. The molecule has 1 saturated carbocycles. The first kappa shape index (κ1) is 17.5. The Morgan fingerprint density at radius 3 is 2.38 bits per heavy atom. The van der Waals surface area contributed by atoms with Gasteiger partial charge in [0.15, 0.2) is 0 Å². The minimum atomic E-state index is -0.153. The number of likely N-dealkylation sites (tertiary alicyclic amines) is 1. The van der Waals surface area contributed by atoms with Gasteiger partial charge in [-0.05, 0) is 52.4 Å². The molecule has 1 N–H and O–H groups in total. The first-order chi connectivity index (χ1) is 11.4. The number of rotatable bonds is 3. The summed E-state index contributed by atoms with van der Waals surface area (Å²) in [6.45, 7) is 7.89. The molecular weight excluding hydrogens is 306 g/mol. The smallest absolute Gasteiger partial charge is 0.318 e. The Morgan fingerprint density at radius 2 is 1.83 bits per heavy atom. The van der Waals surface area contributed by atoms with Gasteiger partial charge in [0, 0.05) is 44.7 Å². The largest absolute Gasteiger partial charge is 0.375 e. The van der Waals surface area contributed by atoms with Crippen molar-refractivity contribution in [3.8, 4) is 0 Å². The quantitative estimate of drug-likeness (QED) is 0.858. The summed E-state index contributed by atoms with van der Waals surface area (Å²) in [6, 6.07) is 0.900. The highest BCUT2D eigenvalue weighted by molar-refractivity contribution is 5.75. The third-order valence-corrected chi connectivity index (χ3v) is 5.57. The first-order valence-corrected chi connectivity index (χ1v) is 9.38. The van der Waals surface area contributed by atoms with E-state index in [1.54, 1.807) is 6.92 Å². The van der Waals surface area contributed by atoms with E-state index in [9.17, 15) is 9.59 Å². The molecule has 1 unspecified atom stereocenters. The maximum absolute atomic E-state index is 12.7. The van der Waals surface area contributed by atoms with Crippen molar-refractivity contribution in [3.05, 3.63) is 0 Å². The second kappa shape index (κ2) is 6.90. The van der Waals surface area contributed by atoms with E-state index in [2.05, 4.69) is 10.2 Å². The number of ether oxygens (including phenoxy) is 1. The van der Waals surface area contributed by atoms with Gasteiger partial charge >= 0.3 is 6.03 Å². The van der Waals surface area contributed by atoms with Gasteiger partial charge in [0.1, 0.15) is 0 Å². The summed E-state index contributed by atoms with van der Waals surface area (Å²) < 4.78 is 6.18. The van der Waals surface area contributed by atoms with Crippen molar-refractivity contribution >= 4 is 11.9 Å². The summed E-state index contributed by atoms with van der Waals surface area (Å²) in [5.41, 5.74) is -0.153. The van der Waals surface area contributed by atoms with Crippen molar-refractivity contribution in [2.45, 2.75) is 83.0 Å². The lowest BCUT2D eigenvalue weighted by atomic mass is 9.81. The first-order valence-electron chi connectivity index (χ1n) is 9.38. The fourth-order valence-corrected chi connectivity index (χ4v) is 4.12. The molecule has 1 atom stereocenters. The fourth-order valence-electron chi connectivity index (χ4n) is 4.12. The van der Waals surface area contributed by atoms with Crippen LogP contribution in [0.15, 0.2) is 0 Å². The van der Waals surface area contributed by atoms with E-state index >= 15 is 0 Å². The standard InChI is InChI=1S/C18H31N3O3/c1-13(2)19-17(23)21(15-4-5-15)16-6-11-24-18(12-16)7-9-20(10-8-18)14(3)22/h13,15-16H,4-12H2,1-3H3,(H,19,23). The molecule has 2 aliphatic heterocycles. The number of nitrogens with one attached hydrogen (secondary N) is 1. The second-order valence-electron chi connectivity index (χ2n) is 7.93. The van der Waals surface area contributed by atoms with Gasteiger partial charge in [-0.1, -0.05) is 0 Å². The molecule has 3 rings (SSSR count). The number of urea groups is 1. The number of nitrogens with zero attached hydrogens (tertiary/aromatic N) is 2. The molecular formula is C18H31N3O3. The van der Waals surface area contributed by atoms with Gasteiger partial charge in [-0.2, -0.15) is 0 Å². The number of carbonyl (C=O) groups excluding carboxylic acids is 2. The Kier molecular flexibility index (Phi) is 5.04.